The van der Waals surface area contributed by atoms with E-state index in [0.29, 0.717) is 13.0 Å². The Bertz CT molecular complexity index is 355. The van der Waals surface area contributed by atoms with Crippen molar-refractivity contribution >= 4 is 0 Å². The third kappa shape index (κ3) is 4.24. The van der Waals surface area contributed by atoms with Gasteiger partial charge in [0.25, 0.3) is 0 Å². The minimum absolute atomic E-state index is 0.0142. The number of phenolic OH excluding ortho intramolecular Hbond substituents is 2. The number of aromatic hydroxyl groups is 2. The Hall–Kier alpha value is -1.26. The lowest BCUT2D eigenvalue weighted by atomic mass is 10.1. The summed E-state index contributed by atoms with van der Waals surface area (Å²) in [6.45, 7) is 4.57. The lowest BCUT2D eigenvalue weighted by molar-refractivity contribution is 0.158. The summed E-state index contributed by atoms with van der Waals surface area (Å²) in [4.78, 5) is 0. The van der Waals surface area contributed by atoms with Gasteiger partial charge in [-0.15, -0.1) is 0 Å². The zero-order chi connectivity index (χ0) is 12.8. The first-order chi connectivity index (χ1) is 8.04. The molecule has 0 aliphatic carbocycles. The molecular weight excluding hydrogens is 218 g/mol. The average molecular weight is 239 g/mol. The molecule has 0 radical (unpaired) electrons. The van der Waals surface area contributed by atoms with Crippen molar-refractivity contribution in [2.45, 2.75) is 38.8 Å². The molecule has 17 heavy (non-hydrogen) atoms. The Kier molecular flexibility index (Phi) is 5.25. The van der Waals surface area contributed by atoms with Crippen molar-refractivity contribution in [2.75, 3.05) is 6.54 Å². The fourth-order valence-corrected chi connectivity index (χ4v) is 1.68. The fraction of sp³-hybridized carbons (Fsp3) is 0.538. The number of rotatable bonds is 6. The van der Waals surface area contributed by atoms with Crippen LogP contribution < -0.4 is 5.32 Å². The number of aliphatic hydroxyl groups is 1. The molecule has 0 bridgehead atoms. The zero-order valence-corrected chi connectivity index (χ0v) is 10.3. The van der Waals surface area contributed by atoms with Crippen LogP contribution in [-0.2, 0) is 0 Å². The molecule has 0 spiro atoms. The van der Waals surface area contributed by atoms with E-state index in [9.17, 15) is 15.3 Å². The van der Waals surface area contributed by atoms with Crippen LogP contribution in [0.25, 0.3) is 0 Å². The van der Waals surface area contributed by atoms with Crippen LogP contribution in [0.4, 0.5) is 0 Å². The van der Waals surface area contributed by atoms with Gasteiger partial charge in [-0.3, -0.25) is 0 Å². The van der Waals surface area contributed by atoms with Gasteiger partial charge in [0.05, 0.1) is 6.10 Å². The molecule has 0 fully saturated rings. The Labute approximate surface area is 102 Å². The summed E-state index contributed by atoms with van der Waals surface area (Å²) in [5.74, 6) is 0.140. The molecule has 96 valence electrons. The van der Waals surface area contributed by atoms with Crippen LogP contribution >= 0.6 is 0 Å². The van der Waals surface area contributed by atoms with Gasteiger partial charge >= 0.3 is 0 Å². The fourth-order valence-electron chi connectivity index (χ4n) is 1.68. The topological polar surface area (TPSA) is 72.7 Å². The molecule has 1 aromatic carbocycles. The molecule has 1 rings (SSSR count). The summed E-state index contributed by atoms with van der Waals surface area (Å²) >= 11 is 0. The van der Waals surface area contributed by atoms with Gasteiger partial charge in [0.15, 0.2) is 0 Å². The minimum Gasteiger partial charge on any atom is -0.508 e. The second-order valence-corrected chi connectivity index (χ2v) is 4.27. The SMILES string of the molecule is CCC(O)CCNC(C)c1ccc(O)cc1O. The van der Waals surface area contributed by atoms with Crippen molar-refractivity contribution in [3.8, 4) is 11.5 Å². The first-order valence-corrected chi connectivity index (χ1v) is 5.98. The number of nitrogens with one attached hydrogen (secondary N) is 1. The van der Waals surface area contributed by atoms with Crippen LogP contribution in [0.3, 0.4) is 0 Å². The van der Waals surface area contributed by atoms with Gasteiger partial charge in [-0.25, -0.2) is 0 Å². The number of hydrogen-bond donors (Lipinski definition) is 4. The van der Waals surface area contributed by atoms with Crippen molar-refractivity contribution < 1.29 is 15.3 Å². The van der Waals surface area contributed by atoms with Crippen molar-refractivity contribution in [2.24, 2.45) is 0 Å². The monoisotopic (exact) mass is 239 g/mol. The second-order valence-electron chi connectivity index (χ2n) is 4.27. The predicted octanol–water partition coefficient (Wildman–Crippen LogP) is 1.91. The summed E-state index contributed by atoms with van der Waals surface area (Å²) in [5, 5.41) is 31.5. The van der Waals surface area contributed by atoms with Gasteiger partial charge < -0.3 is 20.6 Å². The molecule has 0 saturated heterocycles. The molecule has 0 heterocycles. The lowest BCUT2D eigenvalue weighted by Crippen LogP contribution is -2.23. The standard InChI is InChI=1S/C13H21NO3/c1-3-10(15)6-7-14-9(2)12-5-4-11(16)8-13(12)17/h4-5,8-10,14-17H,3,6-7H2,1-2H3. The molecule has 4 heteroatoms. The largest absolute Gasteiger partial charge is 0.508 e. The average Bonchev–Trinajstić information content (AvgIpc) is 2.28. The predicted molar refractivity (Wildman–Crippen MR) is 67.1 cm³/mol. The maximum Gasteiger partial charge on any atom is 0.124 e. The Morgan fingerprint density at radius 1 is 1.29 bits per heavy atom. The van der Waals surface area contributed by atoms with Crippen LogP contribution in [0.15, 0.2) is 18.2 Å². The highest BCUT2D eigenvalue weighted by Crippen LogP contribution is 2.27. The molecule has 1 aromatic rings. The molecule has 2 atom stereocenters. The van der Waals surface area contributed by atoms with E-state index in [1.165, 1.54) is 6.07 Å². The van der Waals surface area contributed by atoms with E-state index in [1.54, 1.807) is 12.1 Å². The number of phenols is 2. The van der Waals surface area contributed by atoms with E-state index < -0.39 is 0 Å². The number of aliphatic hydroxyl groups excluding tert-OH is 1. The Morgan fingerprint density at radius 3 is 2.59 bits per heavy atom. The van der Waals surface area contributed by atoms with Gasteiger partial charge in [0.1, 0.15) is 11.5 Å². The van der Waals surface area contributed by atoms with E-state index in [2.05, 4.69) is 5.32 Å². The quantitative estimate of drug-likeness (QED) is 0.612. The summed E-state index contributed by atoms with van der Waals surface area (Å²) in [5.41, 5.74) is 0.744. The highest BCUT2D eigenvalue weighted by atomic mass is 16.3. The Balaban J connectivity index is 2.49. The van der Waals surface area contributed by atoms with Gasteiger partial charge in [0, 0.05) is 17.7 Å². The third-order valence-electron chi connectivity index (χ3n) is 2.88. The first-order valence-electron chi connectivity index (χ1n) is 5.98. The summed E-state index contributed by atoms with van der Waals surface area (Å²) < 4.78 is 0. The molecule has 0 aliphatic heterocycles. The van der Waals surface area contributed by atoms with Gasteiger partial charge in [-0.1, -0.05) is 13.0 Å². The van der Waals surface area contributed by atoms with Crippen molar-refractivity contribution in [1.29, 1.82) is 0 Å². The molecule has 0 amide bonds. The van der Waals surface area contributed by atoms with Crippen LogP contribution in [-0.4, -0.2) is 28.0 Å². The molecule has 0 saturated carbocycles. The molecule has 0 aromatic heterocycles. The van der Waals surface area contributed by atoms with Crippen molar-refractivity contribution in [3.05, 3.63) is 23.8 Å². The van der Waals surface area contributed by atoms with E-state index in [0.717, 1.165) is 12.0 Å². The van der Waals surface area contributed by atoms with Crippen LogP contribution in [0.1, 0.15) is 38.3 Å². The normalized spacial score (nSPS) is 14.5. The van der Waals surface area contributed by atoms with Gasteiger partial charge in [0.2, 0.25) is 0 Å². The Morgan fingerprint density at radius 2 is 2.00 bits per heavy atom. The maximum absolute atomic E-state index is 9.67. The van der Waals surface area contributed by atoms with Crippen LogP contribution in [0, 0.1) is 0 Å². The number of hydrogen-bond acceptors (Lipinski definition) is 4. The molecule has 2 unspecified atom stereocenters. The number of benzene rings is 1. The summed E-state index contributed by atoms with van der Waals surface area (Å²) in [7, 11) is 0. The van der Waals surface area contributed by atoms with Crippen LogP contribution in [0.2, 0.25) is 0 Å². The molecule has 0 aliphatic rings. The van der Waals surface area contributed by atoms with Gasteiger partial charge in [-0.05, 0) is 32.4 Å². The van der Waals surface area contributed by atoms with Crippen molar-refractivity contribution in [3.63, 3.8) is 0 Å². The first kappa shape index (κ1) is 13.8. The third-order valence-corrected chi connectivity index (χ3v) is 2.88. The molecular formula is C13H21NO3. The van der Waals surface area contributed by atoms with Gasteiger partial charge in [-0.2, -0.15) is 0 Å². The van der Waals surface area contributed by atoms with E-state index in [4.69, 9.17) is 0 Å². The highest BCUT2D eigenvalue weighted by Gasteiger charge is 2.10. The summed E-state index contributed by atoms with van der Waals surface area (Å²) in [6.07, 6.45) is 1.17. The smallest absolute Gasteiger partial charge is 0.124 e. The zero-order valence-electron chi connectivity index (χ0n) is 10.3. The van der Waals surface area contributed by atoms with Crippen molar-refractivity contribution in [1.82, 2.24) is 5.32 Å². The molecule has 4 N–H and O–H groups in total. The van der Waals surface area contributed by atoms with E-state index in [-0.39, 0.29) is 23.6 Å². The van der Waals surface area contributed by atoms with E-state index >= 15 is 0 Å². The second kappa shape index (κ2) is 6.47. The van der Waals surface area contributed by atoms with E-state index in [1.807, 2.05) is 13.8 Å². The highest BCUT2D eigenvalue weighted by molar-refractivity contribution is 5.40. The molecule has 4 nitrogen and oxygen atoms in total. The maximum atomic E-state index is 9.67. The van der Waals surface area contributed by atoms with Crippen LogP contribution in [0.5, 0.6) is 11.5 Å². The summed E-state index contributed by atoms with van der Waals surface area (Å²) in [6, 6.07) is 4.56. The lowest BCUT2D eigenvalue weighted by Gasteiger charge is -2.16. The minimum atomic E-state index is -0.275.